The molecule has 0 bridgehead atoms. The molecule has 2 atom stereocenters. The number of halogens is 2. The molecule has 0 fully saturated rings. The van der Waals surface area contributed by atoms with Crippen molar-refractivity contribution in [2.75, 3.05) is 40.5 Å². The van der Waals surface area contributed by atoms with Crippen LogP contribution in [-0.4, -0.2) is 68.2 Å². The van der Waals surface area contributed by atoms with Crippen LogP contribution in [0.2, 0.25) is 0 Å². The third-order valence-corrected chi connectivity index (χ3v) is 4.76. The molecule has 7 nitrogen and oxygen atoms in total. The lowest BCUT2D eigenvalue weighted by Crippen LogP contribution is -2.45. The van der Waals surface area contributed by atoms with E-state index < -0.39 is 17.9 Å². The Morgan fingerprint density at radius 3 is 2.50 bits per heavy atom. The molecule has 0 saturated carbocycles. The smallest absolute Gasteiger partial charge is 0.293 e. The van der Waals surface area contributed by atoms with Crippen molar-refractivity contribution in [1.82, 2.24) is 4.90 Å². The summed E-state index contributed by atoms with van der Waals surface area (Å²) < 4.78 is 39.5. The van der Waals surface area contributed by atoms with Crippen LogP contribution in [0.4, 0.5) is 14.5 Å². The van der Waals surface area contributed by atoms with Crippen LogP contribution in [-0.2, 0) is 15.2 Å². The van der Waals surface area contributed by atoms with Crippen LogP contribution in [0.3, 0.4) is 0 Å². The van der Waals surface area contributed by atoms with E-state index in [0.29, 0.717) is 11.3 Å². The standard InChI is InChI=1S/C20H32F2N3O4P/c1-7-25(5)13-23-17-11-18(27-6)16(10-15(17)4)19(26,20(21,22)30)12-28-8-9-29-24-14(2)3/h10-11,13,26H,7-9,12,30H2,1-6H3/b23-13+. The van der Waals surface area contributed by atoms with Crippen molar-refractivity contribution in [3.05, 3.63) is 23.3 Å². The summed E-state index contributed by atoms with van der Waals surface area (Å²) in [4.78, 5) is 11.2. The molecule has 0 aromatic heterocycles. The average molecular weight is 447 g/mol. The second-order valence-electron chi connectivity index (χ2n) is 7.06. The van der Waals surface area contributed by atoms with Crippen LogP contribution in [0, 0.1) is 6.92 Å². The van der Waals surface area contributed by atoms with Crippen LogP contribution in [0.25, 0.3) is 0 Å². The SMILES string of the molecule is CCN(C)/C=N/c1cc(OC)c(C(O)(COCCON=C(C)C)C(F)(F)P)cc1C. The second kappa shape index (κ2) is 11.5. The fraction of sp³-hybridized carbons (Fsp3) is 0.600. The molecule has 10 heteroatoms. The van der Waals surface area contributed by atoms with Gasteiger partial charge in [-0.1, -0.05) is 14.4 Å². The molecule has 0 radical (unpaired) electrons. The molecule has 2 unspecified atom stereocenters. The van der Waals surface area contributed by atoms with Crippen LogP contribution in [0.1, 0.15) is 31.9 Å². The Labute approximate surface area is 179 Å². The Morgan fingerprint density at radius 1 is 1.30 bits per heavy atom. The normalized spacial score (nSPS) is 13.8. The van der Waals surface area contributed by atoms with Gasteiger partial charge >= 0.3 is 0 Å². The Bertz CT molecular complexity index is 752. The largest absolute Gasteiger partial charge is 0.496 e. The summed E-state index contributed by atoms with van der Waals surface area (Å²) in [6.07, 6.45) is 1.64. The fourth-order valence-electron chi connectivity index (χ4n) is 2.40. The van der Waals surface area contributed by atoms with Gasteiger partial charge in [-0.25, -0.2) is 4.99 Å². The number of aryl methyl sites for hydroxylation is 1. The van der Waals surface area contributed by atoms with E-state index >= 15 is 0 Å². The van der Waals surface area contributed by atoms with Crippen LogP contribution >= 0.6 is 9.24 Å². The molecule has 170 valence electrons. The topological polar surface area (TPSA) is 75.9 Å². The first-order valence-electron chi connectivity index (χ1n) is 9.49. The monoisotopic (exact) mass is 447 g/mol. The molecule has 1 aromatic carbocycles. The number of benzene rings is 1. The van der Waals surface area contributed by atoms with Gasteiger partial charge < -0.3 is 24.3 Å². The van der Waals surface area contributed by atoms with Gasteiger partial charge in [-0.15, -0.1) is 0 Å². The summed E-state index contributed by atoms with van der Waals surface area (Å²) >= 11 is 0. The van der Waals surface area contributed by atoms with E-state index in [2.05, 4.69) is 10.1 Å². The molecule has 0 aliphatic rings. The van der Waals surface area contributed by atoms with Gasteiger partial charge in [-0.2, -0.15) is 8.78 Å². The van der Waals surface area contributed by atoms with E-state index in [9.17, 15) is 13.9 Å². The van der Waals surface area contributed by atoms with Gasteiger partial charge in [0.2, 0.25) is 0 Å². The van der Waals surface area contributed by atoms with E-state index in [1.807, 2.05) is 18.9 Å². The highest BCUT2D eigenvalue weighted by atomic mass is 31.0. The maximum atomic E-state index is 14.5. The van der Waals surface area contributed by atoms with Crippen molar-refractivity contribution in [2.24, 2.45) is 10.1 Å². The number of oxime groups is 1. The summed E-state index contributed by atoms with van der Waals surface area (Å²) in [6, 6.07) is 2.97. The first-order chi connectivity index (χ1) is 14.0. The minimum absolute atomic E-state index is 0.0210. The maximum Gasteiger partial charge on any atom is 0.293 e. The first kappa shape index (κ1) is 26.2. The van der Waals surface area contributed by atoms with Gasteiger partial charge in [0.25, 0.3) is 5.66 Å². The zero-order valence-corrected chi connectivity index (χ0v) is 19.6. The third-order valence-electron chi connectivity index (χ3n) is 4.28. The number of hydrogen-bond donors (Lipinski definition) is 1. The Balaban J connectivity index is 3.17. The maximum absolute atomic E-state index is 14.5. The van der Waals surface area contributed by atoms with Crippen molar-refractivity contribution < 1.29 is 28.2 Å². The molecule has 0 aliphatic heterocycles. The van der Waals surface area contributed by atoms with E-state index in [4.69, 9.17) is 14.3 Å². The van der Waals surface area contributed by atoms with E-state index in [0.717, 1.165) is 12.3 Å². The molecule has 0 heterocycles. The van der Waals surface area contributed by atoms with Crippen molar-refractivity contribution in [3.63, 3.8) is 0 Å². The molecule has 1 aromatic rings. The van der Waals surface area contributed by atoms with Crippen LogP contribution < -0.4 is 4.74 Å². The van der Waals surface area contributed by atoms with E-state index in [1.165, 1.54) is 28.5 Å². The molecule has 0 saturated heterocycles. The van der Waals surface area contributed by atoms with Crippen molar-refractivity contribution in [2.45, 2.75) is 39.0 Å². The number of ether oxygens (including phenoxy) is 2. The Kier molecular flexibility index (Phi) is 10.1. The summed E-state index contributed by atoms with van der Waals surface area (Å²) in [5.41, 5.74) is -4.44. The summed E-state index contributed by atoms with van der Waals surface area (Å²) in [7, 11) is 4.60. The number of hydrogen-bond acceptors (Lipinski definition) is 6. The van der Waals surface area contributed by atoms with Gasteiger partial charge in [-0.3, -0.25) is 0 Å². The van der Waals surface area contributed by atoms with E-state index in [-0.39, 0.29) is 24.5 Å². The predicted octanol–water partition coefficient (Wildman–Crippen LogP) is 3.70. The molecule has 1 N–H and O–H groups in total. The van der Waals surface area contributed by atoms with Gasteiger partial charge in [0, 0.05) is 25.2 Å². The predicted molar refractivity (Wildman–Crippen MR) is 118 cm³/mol. The fourth-order valence-corrected chi connectivity index (χ4v) is 2.63. The average Bonchev–Trinajstić information content (AvgIpc) is 2.67. The molecular formula is C20H32F2N3O4P. The van der Waals surface area contributed by atoms with Gasteiger partial charge in [0.05, 0.1) is 38.1 Å². The second-order valence-corrected chi connectivity index (χ2v) is 7.79. The number of alkyl halides is 2. The molecule has 0 spiro atoms. The van der Waals surface area contributed by atoms with Crippen molar-refractivity contribution in [3.8, 4) is 5.75 Å². The highest BCUT2D eigenvalue weighted by Gasteiger charge is 2.52. The molecule has 0 aliphatic carbocycles. The molecule has 0 amide bonds. The number of methoxy groups -OCH3 is 1. The molecule has 30 heavy (non-hydrogen) atoms. The lowest BCUT2D eigenvalue weighted by atomic mass is 9.91. The summed E-state index contributed by atoms with van der Waals surface area (Å²) in [5.74, 6) is 0.0857. The Morgan fingerprint density at radius 2 is 1.97 bits per heavy atom. The summed E-state index contributed by atoms with van der Waals surface area (Å²) in [6.45, 7) is 7.37. The van der Waals surface area contributed by atoms with Crippen molar-refractivity contribution in [1.29, 1.82) is 0 Å². The minimum atomic E-state index is -3.58. The number of aliphatic imine (C=N–C) groups is 1. The zero-order valence-electron chi connectivity index (χ0n) is 18.4. The molecular weight excluding hydrogens is 415 g/mol. The van der Waals surface area contributed by atoms with Gasteiger partial charge in [-0.05, 0) is 39.3 Å². The summed E-state index contributed by atoms with van der Waals surface area (Å²) in [5, 5.41) is 14.7. The van der Waals surface area contributed by atoms with E-state index in [1.54, 1.807) is 27.1 Å². The Hall–Kier alpha value is -1.83. The minimum Gasteiger partial charge on any atom is -0.496 e. The lowest BCUT2D eigenvalue weighted by molar-refractivity contribution is -0.166. The lowest BCUT2D eigenvalue weighted by Gasteiger charge is -2.35. The number of rotatable bonds is 12. The van der Waals surface area contributed by atoms with Crippen molar-refractivity contribution >= 4 is 27.0 Å². The third kappa shape index (κ3) is 7.15. The zero-order chi connectivity index (χ0) is 22.9. The molecule has 1 rings (SSSR count). The van der Waals surface area contributed by atoms with Gasteiger partial charge in [0.15, 0.2) is 5.60 Å². The number of nitrogens with zero attached hydrogens (tertiary/aromatic N) is 3. The van der Waals surface area contributed by atoms with Gasteiger partial charge in [0.1, 0.15) is 12.4 Å². The number of aliphatic hydroxyl groups is 1. The first-order valence-corrected chi connectivity index (χ1v) is 10.1. The van der Waals surface area contributed by atoms with Crippen LogP contribution in [0.15, 0.2) is 22.3 Å². The van der Waals surface area contributed by atoms with Crippen LogP contribution in [0.5, 0.6) is 5.75 Å². The highest BCUT2D eigenvalue weighted by molar-refractivity contribution is 7.18. The highest BCUT2D eigenvalue weighted by Crippen LogP contribution is 2.47. The quantitative estimate of drug-likeness (QED) is 0.174.